The van der Waals surface area contributed by atoms with E-state index in [1.165, 1.54) is 17.7 Å². The lowest BCUT2D eigenvalue weighted by Crippen LogP contribution is -2.56. The number of alkyl halides is 1. The Balaban J connectivity index is 2.59. The van der Waals surface area contributed by atoms with Crippen molar-refractivity contribution in [3.63, 3.8) is 0 Å². The maximum absolute atomic E-state index is 6.50. The summed E-state index contributed by atoms with van der Waals surface area (Å²) in [7, 11) is -1.58. The Kier molecular flexibility index (Phi) is 4.70. The quantitative estimate of drug-likeness (QED) is 0.513. The third-order valence-corrected chi connectivity index (χ3v) is 12.2. The Morgan fingerprint density at radius 3 is 2.26 bits per heavy atom. The smallest absolute Gasteiger partial charge is 0.0854 e. The first-order valence-electron chi connectivity index (χ1n) is 7.20. The van der Waals surface area contributed by atoms with Gasteiger partial charge in [0.15, 0.2) is 0 Å². The molecular formula is C17H23ClSi. The van der Waals surface area contributed by atoms with E-state index >= 15 is 0 Å². The molecule has 2 rings (SSSR count). The van der Waals surface area contributed by atoms with E-state index in [-0.39, 0.29) is 5.04 Å². The van der Waals surface area contributed by atoms with Gasteiger partial charge in [-0.05, 0) is 12.0 Å². The van der Waals surface area contributed by atoms with E-state index < -0.39 is 8.07 Å². The summed E-state index contributed by atoms with van der Waals surface area (Å²) in [5.74, 6) is 0. The van der Waals surface area contributed by atoms with Crippen molar-refractivity contribution < 1.29 is 0 Å². The lowest BCUT2D eigenvalue weighted by molar-refractivity contribution is 0.704. The van der Waals surface area contributed by atoms with Gasteiger partial charge in [-0.1, -0.05) is 80.6 Å². The first kappa shape index (κ1) is 14.6. The van der Waals surface area contributed by atoms with Crippen LogP contribution in [0, 0.1) is 0 Å². The standard InChI is InChI=1S/C17H23ClSi/c1-3-19(4-2,15-18)17(13-9-6-10-14-17)16-11-7-5-8-12-16/h5-13H,3-4,14-15H2,1-2H3. The van der Waals surface area contributed by atoms with Crippen LogP contribution in [-0.4, -0.2) is 13.6 Å². The highest BCUT2D eigenvalue weighted by atomic mass is 35.5. The van der Waals surface area contributed by atoms with Crippen LogP contribution in [-0.2, 0) is 5.04 Å². The van der Waals surface area contributed by atoms with Gasteiger partial charge in [0.05, 0.1) is 8.07 Å². The molecule has 0 radical (unpaired) electrons. The van der Waals surface area contributed by atoms with Gasteiger partial charge in [0.2, 0.25) is 0 Å². The van der Waals surface area contributed by atoms with Crippen LogP contribution in [0.25, 0.3) is 0 Å². The summed E-state index contributed by atoms with van der Waals surface area (Å²) in [5.41, 5.74) is 2.29. The van der Waals surface area contributed by atoms with Crippen molar-refractivity contribution in [1.29, 1.82) is 0 Å². The first-order chi connectivity index (χ1) is 9.24. The molecule has 1 aliphatic rings. The Labute approximate surface area is 123 Å². The maximum Gasteiger partial charge on any atom is 0.0854 e. The first-order valence-corrected chi connectivity index (χ1v) is 10.4. The minimum absolute atomic E-state index is 0.175. The lowest BCUT2D eigenvalue weighted by atomic mass is 9.91. The van der Waals surface area contributed by atoms with Crippen molar-refractivity contribution in [1.82, 2.24) is 0 Å². The second-order valence-corrected chi connectivity index (χ2v) is 11.4. The van der Waals surface area contributed by atoms with Crippen molar-refractivity contribution in [2.45, 2.75) is 37.4 Å². The minimum atomic E-state index is -1.58. The predicted molar refractivity (Wildman–Crippen MR) is 88.5 cm³/mol. The number of hydrogen-bond donors (Lipinski definition) is 0. The Hall–Kier alpha value is -0.793. The third-order valence-electron chi connectivity index (χ3n) is 4.91. The Morgan fingerprint density at radius 2 is 1.79 bits per heavy atom. The van der Waals surface area contributed by atoms with Gasteiger partial charge in [-0.15, -0.1) is 11.6 Å². The topological polar surface area (TPSA) is 0 Å². The molecule has 0 aromatic heterocycles. The fourth-order valence-corrected chi connectivity index (χ4v) is 9.47. The summed E-state index contributed by atoms with van der Waals surface area (Å²) in [6.45, 7) is 4.66. The summed E-state index contributed by atoms with van der Waals surface area (Å²) in [6, 6.07) is 13.4. The molecule has 0 N–H and O–H groups in total. The molecule has 0 amide bonds. The van der Waals surface area contributed by atoms with E-state index in [2.05, 4.69) is 68.5 Å². The SMILES string of the molecule is CC[Si](CC)(CCl)C1(c2ccccc2)C=CC=CC1. The second-order valence-electron chi connectivity index (χ2n) is 5.45. The Bertz CT molecular complexity index is 451. The number of halogens is 1. The largest absolute Gasteiger partial charge is 0.130 e. The van der Waals surface area contributed by atoms with Crippen LogP contribution >= 0.6 is 11.6 Å². The number of allylic oxidation sites excluding steroid dienone is 4. The third kappa shape index (κ3) is 2.34. The van der Waals surface area contributed by atoms with Crippen molar-refractivity contribution in [2.75, 3.05) is 5.50 Å². The molecule has 0 heterocycles. The number of benzene rings is 1. The average molecular weight is 291 g/mol. The molecule has 2 heteroatoms. The van der Waals surface area contributed by atoms with Gasteiger partial charge in [0, 0.05) is 10.5 Å². The van der Waals surface area contributed by atoms with E-state index in [1.54, 1.807) is 0 Å². The van der Waals surface area contributed by atoms with Gasteiger partial charge in [-0.3, -0.25) is 0 Å². The van der Waals surface area contributed by atoms with Crippen LogP contribution in [0.1, 0.15) is 25.8 Å². The van der Waals surface area contributed by atoms with E-state index in [0.717, 1.165) is 11.9 Å². The maximum atomic E-state index is 6.50. The van der Waals surface area contributed by atoms with E-state index in [4.69, 9.17) is 11.6 Å². The van der Waals surface area contributed by atoms with Gasteiger partial charge >= 0.3 is 0 Å². The van der Waals surface area contributed by atoms with Crippen LogP contribution in [0.3, 0.4) is 0 Å². The molecule has 102 valence electrons. The summed E-state index contributed by atoms with van der Waals surface area (Å²) >= 11 is 6.50. The van der Waals surface area contributed by atoms with Crippen LogP contribution < -0.4 is 0 Å². The second kappa shape index (κ2) is 6.11. The average Bonchev–Trinajstić information content (AvgIpc) is 2.51. The van der Waals surface area contributed by atoms with Gasteiger partial charge in [0.1, 0.15) is 0 Å². The molecule has 19 heavy (non-hydrogen) atoms. The molecule has 1 aromatic rings. The highest BCUT2D eigenvalue weighted by Crippen LogP contribution is 2.45. The van der Waals surface area contributed by atoms with E-state index in [9.17, 15) is 0 Å². The van der Waals surface area contributed by atoms with Crippen LogP contribution in [0.5, 0.6) is 0 Å². The zero-order valence-corrected chi connectivity index (χ0v) is 13.7. The fourth-order valence-electron chi connectivity index (χ4n) is 3.46. The molecule has 0 saturated carbocycles. The van der Waals surface area contributed by atoms with Gasteiger partial charge in [-0.2, -0.15) is 0 Å². The molecule has 0 nitrogen and oxygen atoms in total. The van der Waals surface area contributed by atoms with Crippen LogP contribution in [0.15, 0.2) is 54.6 Å². The number of hydrogen-bond acceptors (Lipinski definition) is 0. The zero-order chi connectivity index (χ0) is 13.8. The lowest BCUT2D eigenvalue weighted by Gasteiger charge is -2.47. The van der Waals surface area contributed by atoms with Crippen molar-refractivity contribution >= 4 is 19.7 Å². The highest BCUT2D eigenvalue weighted by molar-refractivity contribution is 6.88. The van der Waals surface area contributed by atoms with Crippen molar-refractivity contribution in [3.8, 4) is 0 Å². The molecule has 1 aromatic carbocycles. The zero-order valence-electron chi connectivity index (χ0n) is 11.9. The summed E-state index contributed by atoms with van der Waals surface area (Å²) < 4.78 is 0. The van der Waals surface area contributed by atoms with Crippen molar-refractivity contribution in [2.24, 2.45) is 0 Å². The Morgan fingerprint density at radius 1 is 1.11 bits per heavy atom. The summed E-state index contributed by atoms with van der Waals surface area (Å²) in [5, 5.41) is 0.175. The molecule has 0 saturated heterocycles. The van der Waals surface area contributed by atoms with Crippen molar-refractivity contribution in [3.05, 3.63) is 60.2 Å². The minimum Gasteiger partial charge on any atom is -0.130 e. The van der Waals surface area contributed by atoms with E-state index in [0.29, 0.717) is 0 Å². The molecular weight excluding hydrogens is 268 g/mol. The van der Waals surface area contributed by atoms with Gasteiger partial charge in [0.25, 0.3) is 0 Å². The molecule has 0 aliphatic heterocycles. The molecule has 0 bridgehead atoms. The van der Waals surface area contributed by atoms with Crippen LogP contribution in [0.2, 0.25) is 12.1 Å². The molecule has 1 aliphatic carbocycles. The summed E-state index contributed by atoms with van der Waals surface area (Å²) in [4.78, 5) is 0. The molecule has 1 atom stereocenters. The molecule has 0 fully saturated rings. The normalized spacial score (nSPS) is 22.7. The van der Waals surface area contributed by atoms with Gasteiger partial charge < -0.3 is 0 Å². The number of rotatable bonds is 5. The van der Waals surface area contributed by atoms with E-state index in [1.807, 2.05) is 0 Å². The fraction of sp³-hybridized carbons (Fsp3) is 0.412. The summed E-state index contributed by atoms with van der Waals surface area (Å²) in [6.07, 6.45) is 10.2. The van der Waals surface area contributed by atoms with Gasteiger partial charge in [-0.25, -0.2) is 0 Å². The van der Waals surface area contributed by atoms with Crippen LogP contribution in [0.4, 0.5) is 0 Å². The molecule has 1 unspecified atom stereocenters. The molecule has 0 spiro atoms. The monoisotopic (exact) mass is 290 g/mol. The predicted octanol–water partition coefficient (Wildman–Crippen LogP) is 5.25. The highest BCUT2D eigenvalue weighted by Gasteiger charge is 2.49.